The van der Waals surface area contributed by atoms with Crippen molar-refractivity contribution in [3.05, 3.63) is 95.4 Å². The number of aryl methyl sites for hydroxylation is 1. The zero-order valence-corrected chi connectivity index (χ0v) is 25.6. The minimum atomic E-state index is -5.04. The number of alkyl halides is 6. The number of hydrogen-bond donors (Lipinski definition) is 0. The maximum Gasteiger partial charge on any atom is 0.416 e. The summed E-state index contributed by atoms with van der Waals surface area (Å²) in [6, 6.07) is 12.4. The van der Waals surface area contributed by atoms with E-state index in [1.54, 1.807) is 18.5 Å². The quantitative estimate of drug-likeness (QED) is 0.208. The Balaban J connectivity index is 1.49. The van der Waals surface area contributed by atoms with Gasteiger partial charge in [-0.1, -0.05) is 29.8 Å². The van der Waals surface area contributed by atoms with E-state index in [9.17, 15) is 31.1 Å². The largest absolute Gasteiger partial charge is 0.416 e. The Bertz CT molecular complexity index is 1670. The number of amides is 1. The molecule has 46 heavy (non-hydrogen) atoms. The van der Waals surface area contributed by atoms with E-state index in [0.29, 0.717) is 61.3 Å². The van der Waals surface area contributed by atoms with Crippen LogP contribution in [0.2, 0.25) is 0 Å². The Morgan fingerprint density at radius 1 is 0.761 bits per heavy atom. The van der Waals surface area contributed by atoms with E-state index in [4.69, 9.17) is 0 Å². The van der Waals surface area contributed by atoms with Crippen molar-refractivity contribution in [2.75, 3.05) is 47.9 Å². The highest BCUT2D eigenvalue weighted by molar-refractivity contribution is 6.03. The summed E-state index contributed by atoms with van der Waals surface area (Å²) in [4.78, 5) is 32.7. The Kier molecular flexibility index (Phi) is 8.71. The van der Waals surface area contributed by atoms with Gasteiger partial charge in [0.15, 0.2) is 0 Å². The zero-order chi connectivity index (χ0) is 33.4. The first kappa shape index (κ1) is 32.7. The number of nitrogens with zero attached hydrogens (tertiary/aromatic N) is 6. The van der Waals surface area contributed by atoms with Gasteiger partial charge in [0.25, 0.3) is 0 Å². The summed E-state index contributed by atoms with van der Waals surface area (Å²) in [7, 11) is 1.44. The van der Waals surface area contributed by atoms with Gasteiger partial charge in [-0.25, -0.2) is 15.0 Å². The highest BCUT2D eigenvalue weighted by Gasteiger charge is 2.41. The predicted molar refractivity (Wildman–Crippen MR) is 164 cm³/mol. The van der Waals surface area contributed by atoms with Crippen LogP contribution in [0.4, 0.5) is 43.8 Å². The second kappa shape index (κ2) is 12.3. The lowest BCUT2D eigenvalue weighted by atomic mass is 9.81. The van der Waals surface area contributed by atoms with Gasteiger partial charge in [0.1, 0.15) is 5.82 Å². The van der Waals surface area contributed by atoms with Crippen molar-refractivity contribution in [1.82, 2.24) is 15.0 Å². The lowest BCUT2D eigenvalue weighted by Gasteiger charge is -2.36. The highest BCUT2D eigenvalue weighted by atomic mass is 19.4. The van der Waals surface area contributed by atoms with Crippen LogP contribution in [-0.2, 0) is 22.6 Å². The molecule has 3 heterocycles. The van der Waals surface area contributed by atoms with Gasteiger partial charge in [0.2, 0.25) is 11.9 Å². The van der Waals surface area contributed by atoms with Gasteiger partial charge in [-0.2, -0.15) is 26.3 Å². The second-order valence-electron chi connectivity index (χ2n) is 11.7. The zero-order valence-electron chi connectivity index (χ0n) is 25.6. The van der Waals surface area contributed by atoms with Gasteiger partial charge >= 0.3 is 12.4 Å². The van der Waals surface area contributed by atoms with Gasteiger partial charge in [-0.15, -0.1) is 0 Å². The third-order valence-electron chi connectivity index (χ3n) is 8.18. The first-order chi connectivity index (χ1) is 21.6. The molecule has 0 spiro atoms. The fraction of sp³-hybridized carbons (Fsp3) is 0.333. The molecule has 0 radical (unpaired) electrons. The molecule has 7 nitrogen and oxygen atoms in total. The molecule has 0 N–H and O–H groups in total. The molecule has 0 bridgehead atoms. The fourth-order valence-corrected chi connectivity index (χ4v) is 5.40. The number of carbonyl (C=O) groups excluding carboxylic acids is 1. The highest BCUT2D eigenvalue weighted by Crippen LogP contribution is 2.41. The van der Waals surface area contributed by atoms with E-state index < -0.39 is 40.4 Å². The lowest BCUT2D eigenvalue weighted by molar-refractivity contribution is -0.143. The number of pyridine rings is 1. The number of benzene rings is 2. The summed E-state index contributed by atoms with van der Waals surface area (Å²) in [5, 5.41) is 0. The van der Waals surface area contributed by atoms with Crippen molar-refractivity contribution in [2.24, 2.45) is 0 Å². The summed E-state index contributed by atoms with van der Waals surface area (Å²) < 4.78 is 81.8. The fourth-order valence-electron chi connectivity index (χ4n) is 5.40. The summed E-state index contributed by atoms with van der Waals surface area (Å²) in [5.74, 6) is 0.580. The number of carbonyl (C=O) groups is 1. The number of piperazine rings is 1. The normalized spacial score (nSPS) is 14.4. The molecule has 0 saturated carbocycles. The Morgan fingerprint density at radius 2 is 1.28 bits per heavy atom. The first-order valence-electron chi connectivity index (χ1n) is 14.5. The summed E-state index contributed by atoms with van der Waals surface area (Å²) in [5.41, 5.74) is -2.39. The number of halogens is 6. The monoisotopic (exact) mass is 642 g/mol. The van der Waals surface area contributed by atoms with Crippen LogP contribution in [0.15, 0.2) is 73.2 Å². The van der Waals surface area contributed by atoms with Crippen LogP contribution >= 0.6 is 0 Å². The second-order valence-corrected chi connectivity index (χ2v) is 11.7. The maximum atomic E-state index is 14.0. The molecule has 2 aromatic heterocycles. The third-order valence-corrected chi connectivity index (χ3v) is 8.18. The number of likely N-dealkylation sites (N-methyl/N-ethyl adjacent to an activating group) is 1. The van der Waals surface area contributed by atoms with Crippen LogP contribution in [0.1, 0.15) is 36.1 Å². The molecular formula is C33H32F6N6O. The van der Waals surface area contributed by atoms with E-state index in [1.165, 1.54) is 32.0 Å². The SMILES string of the molecule is Cc1ccc(-c2cc(N3CCN(c4ncccn4)CC3)ncc2N(C)C(=O)C(C)(C)c2cc(C(F)(F)F)cc(C(F)(F)F)c2)cc1. The van der Waals surface area contributed by atoms with E-state index in [1.807, 2.05) is 37.3 Å². The van der Waals surface area contributed by atoms with Crippen LogP contribution in [0.3, 0.4) is 0 Å². The van der Waals surface area contributed by atoms with Gasteiger partial charge in [-0.05, 0) is 62.2 Å². The minimum Gasteiger partial charge on any atom is -0.353 e. The molecular weight excluding hydrogens is 610 g/mol. The van der Waals surface area contributed by atoms with E-state index >= 15 is 0 Å². The minimum absolute atomic E-state index is 0.0542. The van der Waals surface area contributed by atoms with Crippen molar-refractivity contribution in [2.45, 2.75) is 38.5 Å². The maximum absolute atomic E-state index is 14.0. The molecule has 5 rings (SSSR count). The molecule has 1 amide bonds. The van der Waals surface area contributed by atoms with Crippen molar-refractivity contribution in [1.29, 1.82) is 0 Å². The Labute approximate surface area is 262 Å². The van der Waals surface area contributed by atoms with Crippen LogP contribution in [-0.4, -0.2) is 54.1 Å². The van der Waals surface area contributed by atoms with Crippen LogP contribution in [0.25, 0.3) is 11.1 Å². The van der Waals surface area contributed by atoms with E-state index in [2.05, 4.69) is 24.8 Å². The average Bonchev–Trinajstić information content (AvgIpc) is 3.03. The van der Waals surface area contributed by atoms with Crippen LogP contribution in [0.5, 0.6) is 0 Å². The number of hydrogen-bond acceptors (Lipinski definition) is 6. The molecule has 1 aliphatic rings. The molecule has 0 unspecified atom stereocenters. The van der Waals surface area contributed by atoms with Gasteiger partial charge in [-0.3, -0.25) is 4.79 Å². The van der Waals surface area contributed by atoms with Gasteiger partial charge in [0.05, 0.1) is 28.4 Å². The smallest absolute Gasteiger partial charge is 0.353 e. The summed E-state index contributed by atoms with van der Waals surface area (Å²) in [6.45, 7) is 7.10. The number of aromatic nitrogens is 3. The topological polar surface area (TPSA) is 65.5 Å². The molecule has 242 valence electrons. The predicted octanol–water partition coefficient (Wildman–Crippen LogP) is 7.15. The van der Waals surface area contributed by atoms with Gasteiger partial charge < -0.3 is 14.7 Å². The average molecular weight is 643 g/mol. The molecule has 1 fully saturated rings. The Morgan fingerprint density at radius 3 is 1.83 bits per heavy atom. The van der Waals surface area contributed by atoms with Crippen LogP contribution < -0.4 is 14.7 Å². The molecule has 13 heteroatoms. The standard InChI is InChI=1S/C33H32F6N6O/c1-21-6-8-22(9-7-21)26-19-28(44-12-14-45(15-13-44)30-40-10-5-11-41-30)42-20-27(26)43(4)29(46)31(2,3)23-16-24(32(34,35)36)18-25(17-23)33(37,38)39/h5-11,16-20H,12-15H2,1-4H3. The first-order valence-corrected chi connectivity index (χ1v) is 14.5. The molecule has 2 aromatic carbocycles. The summed E-state index contributed by atoms with van der Waals surface area (Å²) >= 11 is 0. The van der Waals surface area contributed by atoms with Crippen molar-refractivity contribution >= 4 is 23.4 Å². The number of anilines is 3. The molecule has 1 saturated heterocycles. The molecule has 4 aromatic rings. The third kappa shape index (κ3) is 6.77. The molecule has 1 aliphatic heterocycles. The number of rotatable bonds is 6. The summed E-state index contributed by atoms with van der Waals surface area (Å²) in [6.07, 6.45) is -5.20. The van der Waals surface area contributed by atoms with E-state index in [0.717, 1.165) is 11.1 Å². The molecule has 0 aliphatic carbocycles. The van der Waals surface area contributed by atoms with E-state index in [-0.39, 0.29) is 6.07 Å². The lowest BCUT2D eigenvalue weighted by Crippen LogP contribution is -2.47. The Hall–Kier alpha value is -4.68. The van der Waals surface area contributed by atoms with Crippen molar-refractivity contribution in [3.63, 3.8) is 0 Å². The van der Waals surface area contributed by atoms with Gasteiger partial charge in [0, 0.05) is 51.2 Å². The molecule has 0 atom stereocenters. The van der Waals surface area contributed by atoms with Crippen molar-refractivity contribution in [3.8, 4) is 11.1 Å². The van der Waals surface area contributed by atoms with Crippen LogP contribution in [0, 0.1) is 6.92 Å². The van der Waals surface area contributed by atoms with Crippen molar-refractivity contribution < 1.29 is 31.1 Å².